The Hall–Kier alpha value is -2.54. The van der Waals surface area contributed by atoms with Crippen LogP contribution in [0.1, 0.15) is 45.9 Å². The third-order valence-corrected chi connectivity index (χ3v) is 4.40. The lowest BCUT2D eigenvalue weighted by molar-refractivity contribution is -0.143. The molecule has 7 nitrogen and oxygen atoms in total. The first-order valence-electron chi connectivity index (χ1n) is 9.37. The Balaban J connectivity index is 2.27. The van der Waals surface area contributed by atoms with Gasteiger partial charge in [-0.05, 0) is 45.7 Å². The molecular weight excluding hydrogens is 360 g/mol. The molecule has 0 aliphatic heterocycles. The van der Waals surface area contributed by atoms with Gasteiger partial charge in [0.15, 0.2) is 0 Å². The van der Waals surface area contributed by atoms with Crippen molar-refractivity contribution in [2.75, 3.05) is 19.8 Å². The van der Waals surface area contributed by atoms with E-state index in [1.807, 2.05) is 52.0 Å². The molecule has 0 aliphatic carbocycles. The van der Waals surface area contributed by atoms with E-state index >= 15 is 0 Å². The van der Waals surface area contributed by atoms with Crippen LogP contribution in [0.2, 0.25) is 0 Å². The van der Waals surface area contributed by atoms with E-state index in [4.69, 9.17) is 9.47 Å². The van der Waals surface area contributed by atoms with Gasteiger partial charge in [0.1, 0.15) is 12.2 Å². The van der Waals surface area contributed by atoms with Crippen LogP contribution in [0.15, 0.2) is 24.3 Å². The molecule has 154 valence electrons. The van der Waals surface area contributed by atoms with Crippen LogP contribution < -0.4 is 5.32 Å². The van der Waals surface area contributed by atoms with Gasteiger partial charge in [0, 0.05) is 30.1 Å². The second-order valence-corrected chi connectivity index (χ2v) is 8.20. The van der Waals surface area contributed by atoms with Crippen molar-refractivity contribution in [3.05, 3.63) is 35.5 Å². The molecule has 2 aromatic rings. The van der Waals surface area contributed by atoms with Gasteiger partial charge in [-0.25, -0.2) is 4.79 Å². The number of esters is 1. The summed E-state index contributed by atoms with van der Waals surface area (Å²) in [7, 11) is 0. The van der Waals surface area contributed by atoms with Crippen molar-refractivity contribution in [3.63, 3.8) is 0 Å². The van der Waals surface area contributed by atoms with Crippen molar-refractivity contribution in [1.29, 1.82) is 0 Å². The highest BCUT2D eigenvalue weighted by Gasteiger charge is 2.32. The Morgan fingerprint density at radius 2 is 1.86 bits per heavy atom. The fourth-order valence-corrected chi connectivity index (χ4v) is 3.04. The first-order valence-corrected chi connectivity index (χ1v) is 9.37. The van der Waals surface area contributed by atoms with Gasteiger partial charge in [0.2, 0.25) is 0 Å². The van der Waals surface area contributed by atoms with Gasteiger partial charge < -0.3 is 24.9 Å². The number of nitrogens with one attached hydrogen (secondary N) is 2. The summed E-state index contributed by atoms with van der Waals surface area (Å²) in [5.41, 5.74) is 1.34. The zero-order valence-electron chi connectivity index (χ0n) is 17.2. The topological polar surface area (TPSA) is 101 Å². The molecule has 0 bridgehead atoms. The molecule has 0 fully saturated rings. The second kappa shape index (κ2) is 8.65. The Kier molecular flexibility index (Phi) is 6.72. The third kappa shape index (κ3) is 5.48. The number of ether oxygens (including phenoxy) is 2. The minimum atomic E-state index is -0.786. The summed E-state index contributed by atoms with van der Waals surface area (Å²) in [4.78, 5) is 26.6. The number of rotatable bonds is 7. The smallest absolute Gasteiger partial charge is 0.407 e. The predicted octanol–water partition coefficient (Wildman–Crippen LogP) is 3.05. The van der Waals surface area contributed by atoms with Crippen LogP contribution in [0.3, 0.4) is 0 Å². The van der Waals surface area contributed by atoms with Crippen molar-refractivity contribution in [2.45, 2.75) is 52.1 Å². The second-order valence-electron chi connectivity index (χ2n) is 8.20. The van der Waals surface area contributed by atoms with Crippen molar-refractivity contribution < 1.29 is 24.2 Å². The lowest BCUT2D eigenvalue weighted by Gasteiger charge is -2.27. The zero-order valence-corrected chi connectivity index (χ0v) is 17.2. The van der Waals surface area contributed by atoms with E-state index in [-0.39, 0.29) is 13.2 Å². The minimum absolute atomic E-state index is 0.0537. The van der Waals surface area contributed by atoms with E-state index < -0.39 is 23.1 Å². The number of hydrogen-bond donors (Lipinski definition) is 3. The number of carbonyl (C=O) groups excluding carboxylic acids is 2. The van der Waals surface area contributed by atoms with Crippen LogP contribution in [0.4, 0.5) is 4.79 Å². The lowest BCUT2D eigenvalue weighted by Crippen LogP contribution is -2.36. The van der Waals surface area contributed by atoms with Crippen LogP contribution in [0.5, 0.6) is 0 Å². The van der Waals surface area contributed by atoms with Gasteiger partial charge in [-0.15, -0.1) is 0 Å². The fraction of sp³-hybridized carbons (Fsp3) is 0.524. The number of H-pyrrole nitrogens is 1. The van der Waals surface area contributed by atoms with E-state index in [0.29, 0.717) is 13.0 Å². The Bertz CT molecular complexity index is 837. The lowest BCUT2D eigenvalue weighted by atomic mass is 9.85. The maximum Gasteiger partial charge on any atom is 0.407 e. The minimum Gasteiger partial charge on any atom is -0.465 e. The Labute approximate surface area is 165 Å². The molecule has 0 aliphatic rings. The average molecular weight is 390 g/mol. The summed E-state index contributed by atoms with van der Waals surface area (Å²) in [6, 6.07) is 7.80. The molecule has 0 saturated carbocycles. The standard InChI is InChI=1S/C21H30N2O5/c1-14(25)27-13-21(5,12-24)18-16(15-8-6-7-9-17(15)23-18)10-11-22-19(26)28-20(2,3)4/h6-9,23-24H,10-13H2,1-5H3,(H,22,26)/t21-/m0/s1. The molecule has 28 heavy (non-hydrogen) atoms. The molecular formula is C21H30N2O5. The van der Waals surface area contributed by atoms with E-state index in [1.165, 1.54) is 6.92 Å². The SMILES string of the molecule is CC(=O)OC[C@](C)(CO)c1[nH]c2ccccc2c1CCNC(=O)OC(C)(C)C. The Morgan fingerprint density at radius 3 is 2.46 bits per heavy atom. The number of fused-ring (bicyclic) bond motifs is 1. The third-order valence-electron chi connectivity index (χ3n) is 4.40. The van der Waals surface area contributed by atoms with Crippen molar-refractivity contribution in [3.8, 4) is 0 Å². The van der Waals surface area contributed by atoms with Crippen LogP contribution in [-0.2, 0) is 26.1 Å². The number of aliphatic hydroxyl groups is 1. The van der Waals surface area contributed by atoms with Crippen LogP contribution in [0.25, 0.3) is 10.9 Å². The van der Waals surface area contributed by atoms with Crippen molar-refractivity contribution in [1.82, 2.24) is 10.3 Å². The summed E-state index contributed by atoms with van der Waals surface area (Å²) in [5.74, 6) is -0.399. The number of amides is 1. The molecule has 7 heteroatoms. The van der Waals surface area contributed by atoms with Gasteiger partial charge in [-0.2, -0.15) is 0 Å². The van der Waals surface area contributed by atoms with E-state index in [0.717, 1.165) is 22.2 Å². The number of hydrogen-bond acceptors (Lipinski definition) is 5. The maximum atomic E-state index is 11.9. The Morgan fingerprint density at radius 1 is 1.18 bits per heavy atom. The van der Waals surface area contributed by atoms with Crippen LogP contribution >= 0.6 is 0 Å². The van der Waals surface area contributed by atoms with Crippen molar-refractivity contribution in [2.24, 2.45) is 0 Å². The van der Waals surface area contributed by atoms with E-state index in [9.17, 15) is 14.7 Å². The molecule has 0 radical (unpaired) electrons. The number of aromatic nitrogens is 1. The summed E-state index contributed by atoms with van der Waals surface area (Å²) in [6.45, 7) is 8.85. The molecule has 1 amide bonds. The first-order chi connectivity index (χ1) is 13.1. The number of alkyl carbamates (subject to hydrolysis) is 1. The predicted molar refractivity (Wildman–Crippen MR) is 107 cm³/mol. The number of carbonyl (C=O) groups is 2. The first kappa shape index (κ1) is 21.8. The molecule has 1 heterocycles. The highest BCUT2D eigenvalue weighted by molar-refractivity contribution is 5.85. The maximum absolute atomic E-state index is 11.9. The van der Waals surface area contributed by atoms with Crippen molar-refractivity contribution >= 4 is 23.0 Å². The molecule has 0 spiro atoms. The van der Waals surface area contributed by atoms with Crippen LogP contribution in [-0.4, -0.2) is 47.5 Å². The fourth-order valence-electron chi connectivity index (χ4n) is 3.04. The van der Waals surface area contributed by atoms with Gasteiger partial charge in [0.25, 0.3) is 0 Å². The number of para-hydroxylation sites is 1. The molecule has 2 rings (SSSR count). The summed E-state index contributed by atoms with van der Waals surface area (Å²) >= 11 is 0. The summed E-state index contributed by atoms with van der Waals surface area (Å²) in [5, 5.41) is 13.8. The van der Waals surface area contributed by atoms with E-state index in [2.05, 4.69) is 10.3 Å². The highest BCUT2D eigenvalue weighted by atomic mass is 16.6. The highest BCUT2D eigenvalue weighted by Crippen LogP contribution is 2.32. The zero-order chi connectivity index (χ0) is 20.9. The monoisotopic (exact) mass is 390 g/mol. The molecule has 3 N–H and O–H groups in total. The molecule has 1 atom stereocenters. The molecule has 1 aromatic heterocycles. The normalized spacial score (nSPS) is 13.8. The van der Waals surface area contributed by atoms with Crippen LogP contribution in [0, 0.1) is 0 Å². The number of aliphatic hydroxyl groups excluding tert-OH is 1. The summed E-state index contributed by atoms with van der Waals surface area (Å²) < 4.78 is 10.5. The van der Waals surface area contributed by atoms with Gasteiger partial charge in [-0.1, -0.05) is 18.2 Å². The van der Waals surface area contributed by atoms with Gasteiger partial charge >= 0.3 is 12.1 Å². The molecule has 0 unspecified atom stereocenters. The average Bonchev–Trinajstić information content (AvgIpc) is 2.97. The van der Waals surface area contributed by atoms with E-state index in [1.54, 1.807) is 0 Å². The molecule has 1 aromatic carbocycles. The van der Waals surface area contributed by atoms with Gasteiger partial charge in [-0.3, -0.25) is 4.79 Å². The number of benzene rings is 1. The largest absolute Gasteiger partial charge is 0.465 e. The molecule has 0 saturated heterocycles. The summed E-state index contributed by atoms with van der Waals surface area (Å²) in [6.07, 6.45) is 0.0626. The quantitative estimate of drug-likeness (QED) is 0.631. The number of aromatic amines is 1. The van der Waals surface area contributed by atoms with Gasteiger partial charge in [0.05, 0.1) is 12.0 Å².